The summed E-state index contributed by atoms with van der Waals surface area (Å²) in [6.45, 7) is 14.0. The molecule has 1 fully saturated rings. The van der Waals surface area contributed by atoms with E-state index in [1.165, 1.54) is 49.0 Å². The van der Waals surface area contributed by atoms with E-state index in [2.05, 4.69) is 58.8 Å². The summed E-state index contributed by atoms with van der Waals surface area (Å²) < 4.78 is 5.31. The number of aryl methyl sites for hydroxylation is 2. The molecule has 1 unspecified atom stereocenters. The zero-order valence-electron chi connectivity index (χ0n) is 19.0. The molecule has 3 rings (SSSR count). The number of hydrogen-bond acceptors (Lipinski definition) is 4. The number of piperidine rings is 1. The number of aromatic nitrogens is 1. The first-order valence-electron chi connectivity index (χ1n) is 11.3. The molecule has 30 heavy (non-hydrogen) atoms. The number of hydrogen-bond donors (Lipinski definition) is 2. The summed E-state index contributed by atoms with van der Waals surface area (Å²) in [7, 11) is 0. The fourth-order valence-corrected chi connectivity index (χ4v) is 4.18. The molecular formula is C24H37N5O. The van der Waals surface area contributed by atoms with E-state index in [1.807, 2.05) is 13.8 Å². The van der Waals surface area contributed by atoms with Crippen molar-refractivity contribution in [2.24, 2.45) is 4.99 Å². The summed E-state index contributed by atoms with van der Waals surface area (Å²) >= 11 is 0. The largest absolute Gasteiger partial charge is 0.361 e. The first-order valence-corrected chi connectivity index (χ1v) is 11.3. The molecule has 1 aromatic heterocycles. The molecule has 1 aliphatic heterocycles. The van der Waals surface area contributed by atoms with Crippen molar-refractivity contribution in [3.05, 3.63) is 52.4 Å². The van der Waals surface area contributed by atoms with Crippen LogP contribution in [0.3, 0.4) is 0 Å². The van der Waals surface area contributed by atoms with E-state index in [9.17, 15) is 0 Å². The van der Waals surface area contributed by atoms with Crippen LogP contribution in [-0.2, 0) is 13.1 Å². The van der Waals surface area contributed by atoms with E-state index in [1.54, 1.807) is 0 Å². The van der Waals surface area contributed by atoms with Crippen molar-refractivity contribution >= 4 is 5.96 Å². The number of rotatable bonds is 8. The van der Waals surface area contributed by atoms with Gasteiger partial charge in [0.25, 0.3) is 0 Å². The minimum atomic E-state index is 0.300. The molecule has 1 aromatic carbocycles. The van der Waals surface area contributed by atoms with E-state index in [-0.39, 0.29) is 0 Å². The number of benzene rings is 1. The average Bonchev–Trinajstić information content (AvgIpc) is 3.10. The smallest absolute Gasteiger partial charge is 0.191 e. The average molecular weight is 412 g/mol. The molecule has 1 atom stereocenters. The number of nitrogens with zero attached hydrogens (tertiary/aromatic N) is 3. The van der Waals surface area contributed by atoms with Crippen molar-refractivity contribution in [2.45, 2.75) is 66.0 Å². The molecule has 6 heteroatoms. The van der Waals surface area contributed by atoms with E-state index in [0.29, 0.717) is 12.5 Å². The van der Waals surface area contributed by atoms with Crippen LogP contribution in [0.15, 0.2) is 33.8 Å². The van der Waals surface area contributed by atoms with Crippen LogP contribution in [0.2, 0.25) is 0 Å². The second kappa shape index (κ2) is 11.2. The van der Waals surface area contributed by atoms with Gasteiger partial charge in [0.15, 0.2) is 5.96 Å². The zero-order chi connectivity index (χ0) is 21.3. The van der Waals surface area contributed by atoms with E-state index in [0.717, 1.165) is 37.0 Å². The van der Waals surface area contributed by atoms with Gasteiger partial charge >= 0.3 is 0 Å². The standard InChI is InChI=1S/C24H37N5O/c1-5-25-24(26-15-18(2)23-19(3)28-30-20(23)4)27-16-21-9-11-22(12-10-21)17-29-13-7-6-8-14-29/h9-12,18H,5-8,13-17H2,1-4H3,(H2,25,26,27). The predicted octanol–water partition coefficient (Wildman–Crippen LogP) is 4.14. The van der Waals surface area contributed by atoms with Crippen molar-refractivity contribution in [3.63, 3.8) is 0 Å². The molecule has 1 aliphatic rings. The molecule has 0 spiro atoms. The van der Waals surface area contributed by atoms with Crippen LogP contribution in [0.5, 0.6) is 0 Å². The predicted molar refractivity (Wildman–Crippen MR) is 123 cm³/mol. The lowest BCUT2D eigenvalue weighted by molar-refractivity contribution is 0.221. The topological polar surface area (TPSA) is 65.7 Å². The van der Waals surface area contributed by atoms with Gasteiger partial charge in [0, 0.05) is 31.1 Å². The summed E-state index contributed by atoms with van der Waals surface area (Å²) in [6, 6.07) is 8.91. The first kappa shape index (κ1) is 22.3. The summed E-state index contributed by atoms with van der Waals surface area (Å²) in [6.07, 6.45) is 4.05. The number of guanidine groups is 1. The maximum absolute atomic E-state index is 5.31. The molecule has 0 bridgehead atoms. The molecule has 0 amide bonds. The maximum atomic E-state index is 5.31. The lowest BCUT2D eigenvalue weighted by Crippen LogP contribution is -2.39. The maximum Gasteiger partial charge on any atom is 0.191 e. The number of aliphatic imine (C=N–C) groups is 1. The summed E-state index contributed by atoms with van der Waals surface area (Å²) in [5.41, 5.74) is 4.77. The van der Waals surface area contributed by atoms with Crippen molar-refractivity contribution in [1.82, 2.24) is 20.7 Å². The molecule has 2 heterocycles. The third kappa shape index (κ3) is 6.33. The van der Waals surface area contributed by atoms with Crippen molar-refractivity contribution < 1.29 is 4.52 Å². The third-order valence-electron chi connectivity index (χ3n) is 5.80. The van der Waals surface area contributed by atoms with Crippen LogP contribution in [0.1, 0.15) is 67.2 Å². The first-order chi connectivity index (χ1) is 14.6. The molecule has 6 nitrogen and oxygen atoms in total. The normalized spacial score (nSPS) is 16.5. The Labute approximate surface area is 181 Å². The summed E-state index contributed by atoms with van der Waals surface area (Å²) in [5, 5.41) is 10.9. The van der Waals surface area contributed by atoms with E-state index in [4.69, 9.17) is 9.52 Å². The van der Waals surface area contributed by atoms with Crippen molar-refractivity contribution in [3.8, 4) is 0 Å². The molecule has 0 aliphatic carbocycles. The van der Waals surface area contributed by atoms with Gasteiger partial charge in [-0.15, -0.1) is 0 Å². The van der Waals surface area contributed by atoms with Gasteiger partial charge in [-0.2, -0.15) is 0 Å². The number of nitrogens with one attached hydrogen (secondary N) is 2. The van der Waals surface area contributed by atoms with Crippen molar-refractivity contribution in [1.29, 1.82) is 0 Å². The second-order valence-electron chi connectivity index (χ2n) is 8.37. The highest BCUT2D eigenvalue weighted by molar-refractivity contribution is 5.79. The Kier molecular flexibility index (Phi) is 8.31. The van der Waals surface area contributed by atoms with Gasteiger partial charge in [-0.1, -0.05) is 42.8 Å². The van der Waals surface area contributed by atoms with Gasteiger partial charge in [-0.25, -0.2) is 4.99 Å². The quantitative estimate of drug-likeness (QED) is 0.505. The molecule has 164 valence electrons. The highest BCUT2D eigenvalue weighted by Gasteiger charge is 2.16. The fourth-order valence-electron chi connectivity index (χ4n) is 4.18. The Morgan fingerprint density at radius 2 is 1.80 bits per heavy atom. The monoisotopic (exact) mass is 411 g/mol. The van der Waals surface area contributed by atoms with Crippen LogP contribution in [-0.4, -0.2) is 42.2 Å². The molecule has 0 radical (unpaired) electrons. The molecule has 0 saturated carbocycles. The van der Waals surface area contributed by atoms with Crippen LogP contribution in [0, 0.1) is 13.8 Å². The fraction of sp³-hybridized carbons (Fsp3) is 0.583. The highest BCUT2D eigenvalue weighted by Crippen LogP contribution is 2.22. The highest BCUT2D eigenvalue weighted by atomic mass is 16.5. The molecular weight excluding hydrogens is 374 g/mol. The third-order valence-corrected chi connectivity index (χ3v) is 5.80. The van der Waals surface area contributed by atoms with Gasteiger partial charge in [0.05, 0.1) is 12.2 Å². The van der Waals surface area contributed by atoms with E-state index < -0.39 is 0 Å². The minimum Gasteiger partial charge on any atom is -0.361 e. The lowest BCUT2D eigenvalue weighted by atomic mass is 10.00. The van der Waals surface area contributed by atoms with Gasteiger partial charge in [0.2, 0.25) is 0 Å². The Bertz CT molecular complexity index is 786. The molecule has 1 saturated heterocycles. The SMILES string of the molecule is CCNC(=NCc1ccc(CN2CCCCC2)cc1)NCC(C)c1c(C)noc1C. The van der Waals surface area contributed by atoms with Crippen LogP contribution >= 0.6 is 0 Å². The van der Waals surface area contributed by atoms with Gasteiger partial charge in [0.1, 0.15) is 5.76 Å². The zero-order valence-corrected chi connectivity index (χ0v) is 19.0. The number of likely N-dealkylation sites (tertiary alicyclic amines) is 1. The van der Waals surface area contributed by atoms with E-state index >= 15 is 0 Å². The van der Waals surface area contributed by atoms with Crippen molar-refractivity contribution in [2.75, 3.05) is 26.2 Å². The van der Waals surface area contributed by atoms with Gasteiger partial charge in [-0.3, -0.25) is 4.90 Å². The van der Waals surface area contributed by atoms with Crippen LogP contribution in [0.25, 0.3) is 0 Å². The molecule has 2 aromatic rings. The Morgan fingerprint density at radius 3 is 2.43 bits per heavy atom. The summed E-state index contributed by atoms with van der Waals surface area (Å²) in [5.74, 6) is 2.04. The molecule has 2 N–H and O–H groups in total. The van der Waals surface area contributed by atoms with Gasteiger partial charge in [-0.05, 0) is 57.8 Å². The Morgan fingerprint density at radius 1 is 1.10 bits per heavy atom. The second-order valence-corrected chi connectivity index (χ2v) is 8.37. The van der Waals surface area contributed by atoms with Crippen LogP contribution in [0.4, 0.5) is 0 Å². The lowest BCUT2D eigenvalue weighted by Gasteiger charge is -2.26. The Hall–Kier alpha value is -2.34. The van der Waals surface area contributed by atoms with Crippen LogP contribution < -0.4 is 10.6 Å². The Balaban J connectivity index is 1.53. The minimum absolute atomic E-state index is 0.300. The summed E-state index contributed by atoms with van der Waals surface area (Å²) in [4.78, 5) is 7.33. The van der Waals surface area contributed by atoms with Gasteiger partial charge < -0.3 is 15.2 Å².